The molecule has 0 radical (unpaired) electrons. The molecule has 0 aliphatic carbocycles. The first kappa shape index (κ1) is 17.8. The predicted molar refractivity (Wildman–Crippen MR) is 101 cm³/mol. The van der Waals surface area contributed by atoms with Crippen molar-refractivity contribution in [2.24, 2.45) is 0 Å². The Hall–Kier alpha value is -2.04. The Bertz CT molecular complexity index is 828. The number of hydrogen-bond donors (Lipinski definition) is 0. The van der Waals surface area contributed by atoms with Crippen LogP contribution in [0.15, 0.2) is 42.5 Å². The zero-order valence-electron chi connectivity index (χ0n) is 14.7. The second kappa shape index (κ2) is 8.37. The number of halogens is 1. The summed E-state index contributed by atoms with van der Waals surface area (Å²) < 4.78 is 13.6. The molecular formula is C20H23ClN2O2. The predicted octanol–water partition coefficient (Wildman–Crippen LogP) is 5.00. The summed E-state index contributed by atoms with van der Waals surface area (Å²) in [5, 5.41) is 0.692. The van der Waals surface area contributed by atoms with E-state index in [9.17, 15) is 0 Å². The lowest BCUT2D eigenvalue weighted by atomic mass is 10.2. The Balaban J connectivity index is 1.80. The average molecular weight is 359 g/mol. The second-order valence-electron chi connectivity index (χ2n) is 5.96. The zero-order valence-corrected chi connectivity index (χ0v) is 15.4. The number of aromatic nitrogens is 2. The lowest BCUT2D eigenvalue weighted by Crippen LogP contribution is -2.09. The molecule has 0 atom stereocenters. The van der Waals surface area contributed by atoms with E-state index in [1.54, 1.807) is 0 Å². The molecule has 5 heteroatoms. The maximum atomic E-state index is 6.11. The SMILES string of the molecule is CCOCCCn1c(COc2ccc(C)cc2)nc2cc(Cl)ccc21. The van der Waals surface area contributed by atoms with Gasteiger partial charge in [0.15, 0.2) is 0 Å². The molecule has 0 N–H and O–H groups in total. The summed E-state index contributed by atoms with van der Waals surface area (Å²) in [6.07, 6.45) is 0.930. The highest BCUT2D eigenvalue weighted by molar-refractivity contribution is 6.31. The van der Waals surface area contributed by atoms with Crippen LogP contribution in [-0.2, 0) is 17.9 Å². The van der Waals surface area contributed by atoms with E-state index in [4.69, 9.17) is 26.1 Å². The van der Waals surface area contributed by atoms with Crippen molar-refractivity contribution in [1.29, 1.82) is 0 Å². The summed E-state index contributed by atoms with van der Waals surface area (Å²) in [6.45, 7) is 6.81. The van der Waals surface area contributed by atoms with Gasteiger partial charge in [-0.25, -0.2) is 4.98 Å². The molecule has 3 rings (SSSR count). The fourth-order valence-electron chi connectivity index (χ4n) is 2.76. The third kappa shape index (κ3) is 4.53. The summed E-state index contributed by atoms with van der Waals surface area (Å²) in [6, 6.07) is 13.9. The molecule has 0 saturated carbocycles. The van der Waals surface area contributed by atoms with Crippen LogP contribution in [0.4, 0.5) is 0 Å². The molecule has 0 amide bonds. The van der Waals surface area contributed by atoms with Crippen molar-refractivity contribution >= 4 is 22.6 Å². The van der Waals surface area contributed by atoms with Crippen LogP contribution in [0.1, 0.15) is 24.7 Å². The number of nitrogens with zero attached hydrogens (tertiary/aromatic N) is 2. The molecule has 3 aromatic rings. The Morgan fingerprint density at radius 2 is 1.92 bits per heavy atom. The van der Waals surface area contributed by atoms with Crippen molar-refractivity contribution < 1.29 is 9.47 Å². The van der Waals surface area contributed by atoms with Crippen molar-refractivity contribution in [3.63, 3.8) is 0 Å². The van der Waals surface area contributed by atoms with Crippen LogP contribution in [0.25, 0.3) is 11.0 Å². The van der Waals surface area contributed by atoms with Gasteiger partial charge in [0.25, 0.3) is 0 Å². The normalized spacial score (nSPS) is 11.2. The fourth-order valence-corrected chi connectivity index (χ4v) is 2.93. The highest BCUT2D eigenvalue weighted by atomic mass is 35.5. The summed E-state index contributed by atoms with van der Waals surface area (Å²) >= 11 is 6.11. The summed E-state index contributed by atoms with van der Waals surface area (Å²) in [5.41, 5.74) is 3.18. The molecule has 0 unspecified atom stereocenters. The number of benzene rings is 2. The van der Waals surface area contributed by atoms with Crippen molar-refractivity contribution in [1.82, 2.24) is 9.55 Å². The minimum Gasteiger partial charge on any atom is -0.486 e. The molecule has 0 bridgehead atoms. The lowest BCUT2D eigenvalue weighted by Gasteiger charge is -2.11. The molecule has 25 heavy (non-hydrogen) atoms. The van der Waals surface area contributed by atoms with Gasteiger partial charge < -0.3 is 14.0 Å². The highest BCUT2D eigenvalue weighted by Crippen LogP contribution is 2.22. The van der Waals surface area contributed by atoms with Gasteiger partial charge in [-0.1, -0.05) is 29.3 Å². The van der Waals surface area contributed by atoms with Crippen molar-refractivity contribution in [3.8, 4) is 5.75 Å². The molecule has 0 fully saturated rings. The Kier molecular flexibility index (Phi) is 5.95. The zero-order chi connectivity index (χ0) is 17.6. The van der Waals surface area contributed by atoms with Gasteiger partial charge in [-0.15, -0.1) is 0 Å². The van der Waals surface area contributed by atoms with Gasteiger partial charge in [-0.05, 0) is 50.6 Å². The van der Waals surface area contributed by atoms with Gasteiger partial charge in [0.1, 0.15) is 18.2 Å². The van der Waals surface area contributed by atoms with E-state index < -0.39 is 0 Å². The minimum absolute atomic E-state index is 0.421. The molecule has 132 valence electrons. The van der Waals surface area contributed by atoms with E-state index >= 15 is 0 Å². The van der Waals surface area contributed by atoms with Crippen LogP contribution in [-0.4, -0.2) is 22.8 Å². The summed E-state index contributed by atoms with van der Waals surface area (Å²) in [4.78, 5) is 4.72. The Morgan fingerprint density at radius 3 is 2.68 bits per heavy atom. The van der Waals surface area contributed by atoms with E-state index in [0.29, 0.717) is 11.6 Å². The van der Waals surface area contributed by atoms with Crippen molar-refractivity contribution in [2.75, 3.05) is 13.2 Å². The first-order valence-corrected chi connectivity index (χ1v) is 8.97. The van der Waals surface area contributed by atoms with E-state index in [2.05, 4.69) is 11.5 Å². The van der Waals surface area contributed by atoms with Crippen LogP contribution < -0.4 is 4.74 Å². The van der Waals surface area contributed by atoms with Gasteiger partial charge >= 0.3 is 0 Å². The highest BCUT2D eigenvalue weighted by Gasteiger charge is 2.12. The van der Waals surface area contributed by atoms with Crippen LogP contribution in [0.5, 0.6) is 5.75 Å². The first-order chi connectivity index (χ1) is 12.2. The van der Waals surface area contributed by atoms with E-state index in [-0.39, 0.29) is 0 Å². The van der Waals surface area contributed by atoms with E-state index in [0.717, 1.165) is 48.8 Å². The molecule has 0 spiro atoms. The summed E-state index contributed by atoms with van der Waals surface area (Å²) in [7, 11) is 0. The maximum absolute atomic E-state index is 6.11. The number of fused-ring (bicyclic) bond motifs is 1. The smallest absolute Gasteiger partial charge is 0.148 e. The maximum Gasteiger partial charge on any atom is 0.148 e. The first-order valence-electron chi connectivity index (χ1n) is 8.59. The number of hydrogen-bond acceptors (Lipinski definition) is 3. The Labute approximate surface area is 153 Å². The number of rotatable bonds is 8. The average Bonchev–Trinajstić information content (AvgIpc) is 2.95. The quantitative estimate of drug-likeness (QED) is 0.531. The number of ether oxygens (including phenoxy) is 2. The third-order valence-corrected chi connectivity index (χ3v) is 4.29. The molecule has 0 aliphatic heterocycles. The molecule has 0 aliphatic rings. The third-order valence-electron chi connectivity index (χ3n) is 4.05. The van der Waals surface area contributed by atoms with Crippen LogP contribution in [0.3, 0.4) is 0 Å². The largest absolute Gasteiger partial charge is 0.486 e. The molecule has 4 nitrogen and oxygen atoms in total. The van der Waals surface area contributed by atoms with Crippen LogP contribution in [0.2, 0.25) is 5.02 Å². The fraction of sp³-hybridized carbons (Fsp3) is 0.350. The van der Waals surface area contributed by atoms with E-state index in [1.165, 1.54) is 5.56 Å². The Morgan fingerprint density at radius 1 is 1.12 bits per heavy atom. The van der Waals surface area contributed by atoms with Gasteiger partial charge in [-0.3, -0.25) is 0 Å². The standard InChI is InChI=1S/C20H23ClN2O2/c1-3-24-12-4-11-23-19-10-7-16(21)13-18(19)22-20(23)14-25-17-8-5-15(2)6-9-17/h5-10,13H,3-4,11-12,14H2,1-2H3. The second-order valence-corrected chi connectivity index (χ2v) is 6.40. The minimum atomic E-state index is 0.421. The van der Waals surface area contributed by atoms with Crippen molar-refractivity contribution in [2.45, 2.75) is 33.4 Å². The molecule has 2 aromatic carbocycles. The lowest BCUT2D eigenvalue weighted by molar-refractivity contribution is 0.141. The summed E-state index contributed by atoms with van der Waals surface area (Å²) in [5.74, 6) is 1.74. The van der Waals surface area contributed by atoms with Crippen molar-refractivity contribution in [3.05, 3.63) is 58.9 Å². The molecule has 1 aromatic heterocycles. The van der Waals surface area contributed by atoms with Crippen LogP contribution >= 0.6 is 11.6 Å². The molecule has 1 heterocycles. The topological polar surface area (TPSA) is 36.3 Å². The van der Waals surface area contributed by atoms with Gasteiger partial charge in [0.05, 0.1) is 11.0 Å². The molecular weight excluding hydrogens is 336 g/mol. The monoisotopic (exact) mass is 358 g/mol. The van der Waals surface area contributed by atoms with Gasteiger partial charge in [0, 0.05) is 24.8 Å². The van der Waals surface area contributed by atoms with E-state index in [1.807, 2.05) is 49.4 Å². The number of imidazole rings is 1. The van der Waals surface area contributed by atoms with Gasteiger partial charge in [0.2, 0.25) is 0 Å². The molecule has 0 saturated heterocycles. The van der Waals surface area contributed by atoms with Crippen LogP contribution in [0, 0.1) is 6.92 Å². The van der Waals surface area contributed by atoms with Gasteiger partial charge in [-0.2, -0.15) is 0 Å². The number of aryl methyl sites for hydroxylation is 2.